The van der Waals surface area contributed by atoms with E-state index in [1.165, 1.54) is 23.1 Å². The van der Waals surface area contributed by atoms with Crippen LogP contribution in [0, 0.1) is 11.7 Å². The third-order valence-electron chi connectivity index (χ3n) is 3.47. The first-order valence-corrected chi connectivity index (χ1v) is 6.88. The normalized spacial score (nSPS) is 20.2. The number of likely N-dealkylation sites (tertiary alicyclic amines) is 1. The van der Waals surface area contributed by atoms with Crippen molar-refractivity contribution >= 4 is 23.5 Å². The molecule has 0 radical (unpaired) electrons. The summed E-state index contributed by atoms with van der Waals surface area (Å²) in [5, 5.41) is 9.02. The first-order chi connectivity index (χ1) is 9.52. The fourth-order valence-corrected chi connectivity index (χ4v) is 2.72. The van der Waals surface area contributed by atoms with Crippen LogP contribution in [-0.2, 0) is 9.59 Å². The van der Waals surface area contributed by atoms with E-state index in [0.29, 0.717) is 12.4 Å². The highest BCUT2D eigenvalue weighted by molar-refractivity contribution is 6.18. The zero-order valence-electron chi connectivity index (χ0n) is 10.8. The minimum atomic E-state index is -1.07. The first kappa shape index (κ1) is 14.8. The van der Waals surface area contributed by atoms with Crippen LogP contribution in [0.1, 0.15) is 24.4 Å². The lowest BCUT2D eigenvalue weighted by atomic mass is 10.0. The molecule has 1 aliphatic rings. The van der Waals surface area contributed by atoms with Crippen molar-refractivity contribution in [2.24, 2.45) is 5.92 Å². The minimum Gasteiger partial charge on any atom is -0.481 e. The van der Waals surface area contributed by atoms with E-state index < -0.39 is 17.8 Å². The second-order valence-corrected chi connectivity index (χ2v) is 5.21. The molecule has 1 heterocycles. The molecular weight excluding hydrogens is 285 g/mol. The lowest BCUT2D eigenvalue weighted by Gasteiger charge is -2.27. The third kappa shape index (κ3) is 3.10. The number of rotatable bonds is 5. The molecule has 1 fully saturated rings. The molecule has 0 bridgehead atoms. The smallest absolute Gasteiger partial charge is 0.305 e. The molecule has 1 saturated heterocycles. The highest BCUT2D eigenvalue weighted by atomic mass is 35.5. The van der Waals surface area contributed by atoms with Gasteiger partial charge in [0.15, 0.2) is 0 Å². The van der Waals surface area contributed by atoms with Crippen LogP contribution in [-0.4, -0.2) is 34.3 Å². The van der Waals surface area contributed by atoms with Gasteiger partial charge in [-0.3, -0.25) is 9.59 Å². The molecule has 6 heteroatoms. The molecule has 1 aliphatic heterocycles. The van der Waals surface area contributed by atoms with Crippen LogP contribution >= 0.6 is 11.6 Å². The summed E-state index contributed by atoms with van der Waals surface area (Å²) in [4.78, 5) is 24.5. The number of carboxylic acids is 1. The molecule has 1 aromatic rings. The van der Waals surface area contributed by atoms with Crippen LogP contribution in [0.3, 0.4) is 0 Å². The fraction of sp³-hybridized carbons (Fsp3) is 0.429. The van der Waals surface area contributed by atoms with Gasteiger partial charge in [0, 0.05) is 24.4 Å². The highest BCUT2D eigenvalue weighted by Crippen LogP contribution is 2.32. The topological polar surface area (TPSA) is 57.6 Å². The Morgan fingerprint density at radius 2 is 2.20 bits per heavy atom. The summed E-state index contributed by atoms with van der Waals surface area (Å²) in [6, 6.07) is 5.17. The van der Waals surface area contributed by atoms with Gasteiger partial charge in [-0.2, -0.15) is 0 Å². The summed E-state index contributed by atoms with van der Waals surface area (Å²) < 4.78 is 13.9. The molecular formula is C14H15ClFNO3. The summed E-state index contributed by atoms with van der Waals surface area (Å²) in [5.74, 6) is -1.42. The van der Waals surface area contributed by atoms with E-state index in [2.05, 4.69) is 0 Å². The van der Waals surface area contributed by atoms with E-state index in [-0.39, 0.29) is 30.2 Å². The number of alkyl halides is 1. The number of hydrogen-bond acceptors (Lipinski definition) is 2. The molecule has 0 saturated carbocycles. The van der Waals surface area contributed by atoms with Gasteiger partial charge >= 0.3 is 5.97 Å². The summed E-state index contributed by atoms with van der Waals surface area (Å²) >= 11 is 5.76. The van der Waals surface area contributed by atoms with Gasteiger partial charge < -0.3 is 10.0 Å². The molecule has 1 aromatic carbocycles. The van der Waals surface area contributed by atoms with Crippen LogP contribution in [0.25, 0.3) is 0 Å². The van der Waals surface area contributed by atoms with Crippen molar-refractivity contribution in [3.05, 3.63) is 35.6 Å². The Hall–Kier alpha value is -1.62. The van der Waals surface area contributed by atoms with Crippen molar-refractivity contribution in [2.45, 2.75) is 18.9 Å². The Bertz CT molecular complexity index is 523. The van der Waals surface area contributed by atoms with E-state index in [1.54, 1.807) is 6.07 Å². The number of benzene rings is 1. The number of nitrogens with zero attached hydrogens (tertiary/aromatic N) is 1. The summed E-state index contributed by atoms with van der Waals surface area (Å²) in [6.45, 7) is 0.370. The van der Waals surface area contributed by atoms with Crippen LogP contribution in [0.4, 0.5) is 4.39 Å². The Morgan fingerprint density at radius 3 is 2.75 bits per heavy atom. The highest BCUT2D eigenvalue weighted by Gasteiger charge is 2.36. The standard InChI is InChI=1S/C14H15ClFNO3/c15-7-9-5-13(18)17(8-9)12(6-14(19)20)10-3-1-2-4-11(10)16/h1-4,9,12H,5-8H2,(H,19,20). The number of carbonyl (C=O) groups is 2. The third-order valence-corrected chi connectivity index (χ3v) is 3.90. The van der Waals surface area contributed by atoms with Gasteiger partial charge in [-0.25, -0.2) is 4.39 Å². The van der Waals surface area contributed by atoms with Crippen molar-refractivity contribution in [3.8, 4) is 0 Å². The average Bonchev–Trinajstić information content (AvgIpc) is 2.78. The van der Waals surface area contributed by atoms with Gasteiger partial charge in [0.25, 0.3) is 0 Å². The molecule has 2 rings (SSSR count). The first-order valence-electron chi connectivity index (χ1n) is 6.34. The Morgan fingerprint density at radius 1 is 1.50 bits per heavy atom. The van der Waals surface area contributed by atoms with Gasteiger partial charge in [-0.05, 0) is 12.0 Å². The predicted octanol–water partition coefficient (Wildman–Crippen LogP) is 2.43. The number of carbonyl (C=O) groups excluding carboxylic acids is 1. The van der Waals surface area contributed by atoms with E-state index >= 15 is 0 Å². The molecule has 1 N–H and O–H groups in total. The van der Waals surface area contributed by atoms with E-state index in [4.69, 9.17) is 16.7 Å². The van der Waals surface area contributed by atoms with Crippen LogP contribution in [0.5, 0.6) is 0 Å². The number of amides is 1. The summed E-state index contributed by atoms with van der Waals surface area (Å²) in [7, 11) is 0. The monoisotopic (exact) mass is 299 g/mol. The zero-order chi connectivity index (χ0) is 14.7. The average molecular weight is 300 g/mol. The quantitative estimate of drug-likeness (QED) is 0.850. The molecule has 0 aliphatic carbocycles. The van der Waals surface area contributed by atoms with Crippen LogP contribution in [0.2, 0.25) is 0 Å². The lowest BCUT2D eigenvalue weighted by molar-refractivity contribution is -0.139. The second kappa shape index (κ2) is 6.22. The minimum absolute atomic E-state index is 0.00719. The summed E-state index contributed by atoms with van der Waals surface area (Å²) in [5.41, 5.74) is 0.235. The van der Waals surface area contributed by atoms with Gasteiger partial charge in [0.05, 0.1) is 12.5 Å². The number of aliphatic carboxylic acids is 1. The van der Waals surface area contributed by atoms with E-state index in [9.17, 15) is 14.0 Å². The molecule has 20 heavy (non-hydrogen) atoms. The number of halogens is 2. The lowest BCUT2D eigenvalue weighted by Crippen LogP contribution is -2.32. The second-order valence-electron chi connectivity index (χ2n) is 4.91. The SMILES string of the molecule is O=C(O)CC(c1ccccc1F)N1CC(CCl)CC1=O. The molecule has 4 nitrogen and oxygen atoms in total. The molecule has 2 atom stereocenters. The largest absolute Gasteiger partial charge is 0.481 e. The van der Waals surface area contributed by atoms with Crippen molar-refractivity contribution in [1.29, 1.82) is 0 Å². The fourth-order valence-electron chi connectivity index (χ4n) is 2.51. The molecule has 2 unspecified atom stereocenters. The molecule has 0 aromatic heterocycles. The van der Waals surface area contributed by atoms with E-state index in [1.807, 2.05) is 0 Å². The van der Waals surface area contributed by atoms with Crippen molar-refractivity contribution in [3.63, 3.8) is 0 Å². The van der Waals surface area contributed by atoms with Crippen molar-refractivity contribution < 1.29 is 19.1 Å². The molecule has 0 spiro atoms. The van der Waals surface area contributed by atoms with E-state index in [0.717, 1.165) is 0 Å². The number of hydrogen-bond donors (Lipinski definition) is 1. The zero-order valence-corrected chi connectivity index (χ0v) is 11.5. The Labute approximate surface area is 121 Å². The summed E-state index contributed by atoms with van der Waals surface area (Å²) in [6.07, 6.45) is -0.0320. The van der Waals surface area contributed by atoms with Gasteiger partial charge in [-0.15, -0.1) is 11.6 Å². The van der Waals surface area contributed by atoms with Gasteiger partial charge in [-0.1, -0.05) is 18.2 Å². The Balaban J connectivity index is 2.31. The predicted molar refractivity (Wildman–Crippen MR) is 71.9 cm³/mol. The molecule has 1 amide bonds. The van der Waals surface area contributed by atoms with Gasteiger partial charge in [0.1, 0.15) is 5.82 Å². The van der Waals surface area contributed by atoms with Crippen LogP contribution < -0.4 is 0 Å². The van der Waals surface area contributed by atoms with Crippen molar-refractivity contribution in [1.82, 2.24) is 4.90 Å². The maximum absolute atomic E-state index is 13.9. The maximum atomic E-state index is 13.9. The van der Waals surface area contributed by atoms with Crippen molar-refractivity contribution in [2.75, 3.05) is 12.4 Å². The molecule has 108 valence electrons. The van der Waals surface area contributed by atoms with Crippen LogP contribution in [0.15, 0.2) is 24.3 Å². The van der Waals surface area contributed by atoms with Gasteiger partial charge in [0.2, 0.25) is 5.91 Å². The number of carboxylic acid groups (broad SMARTS) is 1. The maximum Gasteiger partial charge on any atom is 0.305 e. The Kier molecular flexibility index (Phi) is 4.60.